The third kappa shape index (κ3) is 2.60. The summed E-state index contributed by atoms with van der Waals surface area (Å²) in [5.74, 6) is -0.146. The Bertz CT molecular complexity index is 827. The van der Waals surface area contributed by atoms with Crippen LogP contribution in [-0.4, -0.2) is 15.9 Å². The molecule has 0 aliphatic carbocycles. The molecule has 0 unspecified atom stereocenters. The number of nitrogens with one attached hydrogen (secondary N) is 1. The number of hydrogen-bond acceptors (Lipinski definition) is 3. The van der Waals surface area contributed by atoms with Crippen molar-refractivity contribution in [1.82, 2.24) is 9.97 Å². The molecule has 0 fully saturated rings. The van der Waals surface area contributed by atoms with E-state index < -0.39 is 0 Å². The predicted octanol–water partition coefficient (Wildman–Crippen LogP) is 3.50. The SMILES string of the molecule is Cc1cc(C(=O)Nc2cnccc2C)c2ccccc2n1. The van der Waals surface area contributed by atoms with Gasteiger partial charge in [0, 0.05) is 17.3 Å². The molecule has 0 saturated carbocycles. The zero-order valence-corrected chi connectivity index (χ0v) is 11.9. The van der Waals surface area contributed by atoms with Crippen molar-refractivity contribution in [2.75, 3.05) is 5.32 Å². The molecule has 0 saturated heterocycles. The lowest BCUT2D eigenvalue weighted by Crippen LogP contribution is -2.14. The molecule has 1 aromatic carbocycles. The van der Waals surface area contributed by atoms with E-state index in [-0.39, 0.29) is 5.91 Å². The van der Waals surface area contributed by atoms with Crippen LogP contribution in [-0.2, 0) is 0 Å². The van der Waals surface area contributed by atoms with E-state index in [1.54, 1.807) is 12.4 Å². The molecule has 4 heteroatoms. The molecular weight excluding hydrogens is 262 g/mol. The molecule has 4 nitrogen and oxygen atoms in total. The molecule has 0 bridgehead atoms. The molecule has 0 spiro atoms. The number of aryl methyl sites for hydroxylation is 2. The first-order valence-electron chi connectivity index (χ1n) is 6.73. The number of benzene rings is 1. The number of fused-ring (bicyclic) bond motifs is 1. The van der Waals surface area contributed by atoms with Crippen LogP contribution in [0.15, 0.2) is 48.8 Å². The van der Waals surface area contributed by atoms with Crippen LogP contribution in [0.2, 0.25) is 0 Å². The van der Waals surface area contributed by atoms with Gasteiger partial charge in [-0.3, -0.25) is 14.8 Å². The van der Waals surface area contributed by atoms with Crippen LogP contribution >= 0.6 is 0 Å². The maximum atomic E-state index is 12.6. The van der Waals surface area contributed by atoms with Crippen molar-refractivity contribution in [2.24, 2.45) is 0 Å². The fraction of sp³-hybridized carbons (Fsp3) is 0.118. The molecule has 2 heterocycles. The van der Waals surface area contributed by atoms with Crippen LogP contribution in [0.1, 0.15) is 21.6 Å². The van der Waals surface area contributed by atoms with Crippen molar-refractivity contribution in [1.29, 1.82) is 0 Å². The van der Waals surface area contributed by atoms with Gasteiger partial charge >= 0.3 is 0 Å². The number of anilines is 1. The Morgan fingerprint density at radius 1 is 1.14 bits per heavy atom. The molecule has 0 atom stereocenters. The van der Waals surface area contributed by atoms with Gasteiger partial charge in [0.05, 0.1) is 23.0 Å². The standard InChI is InChI=1S/C17H15N3O/c1-11-7-8-18-10-16(11)20-17(21)14-9-12(2)19-15-6-4-3-5-13(14)15/h3-10H,1-2H3,(H,20,21). The molecule has 1 N–H and O–H groups in total. The first kappa shape index (κ1) is 13.2. The van der Waals surface area contributed by atoms with Gasteiger partial charge in [-0.15, -0.1) is 0 Å². The Morgan fingerprint density at radius 2 is 1.95 bits per heavy atom. The van der Waals surface area contributed by atoms with E-state index in [2.05, 4.69) is 15.3 Å². The summed E-state index contributed by atoms with van der Waals surface area (Å²) >= 11 is 0. The molecule has 1 amide bonds. The van der Waals surface area contributed by atoms with Crippen LogP contribution in [0.3, 0.4) is 0 Å². The number of rotatable bonds is 2. The van der Waals surface area contributed by atoms with Crippen LogP contribution in [0, 0.1) is 13.8 Å². The largest absolute Gasteiger partial charge is 0.320 e. The van der Waals surface area contributed by atoms with E-state index in [1.165, 1.54) is 0 Å². The second kappa shape index (κ2) is 5.32. The zero-order valence-electron chi connectivity index (χ0n) is 11.9. The van der Waals surface area contributed by atoms with E-state index in [1.807, 2.05) is 50.2 Å². The predicted molar refractivity (Wildman–Crippen MR) is 83.4 cm³/mol. The number of hydrogen-bond donors (Lipinski definition) is 1. The van der Waals surface area contributed by atoms with Crippen molar-refractivity contribution in [3.05, 3.63) is 65.6 Å². The number of carbonyl (C=O) groups excluding carboxylic acids is 1. The smallest absolute Gasteiger partial charge is 0.256 e. The zero-order chi connectivity index (χ0) is 14.8. The minimum atomic E-state index is -0.146. The van der Waals surface area contributed by atoms with Crippen LogP contribution in [0.4, 0.5) is 5.69 Å². The van der Waals surface area contributed by atoms with E-state index >= 15 is 0 Å². The maximum Gasteiger partial charge on any atom is 0.256 e. The van der Waals surface area contributed by atoms with Gasteiger partial charge in [-0.1, -0.05) is 18.2 Å². The summed E-state index contributed by atoms with van der Waals surface area (Å²) in [6.45, 7) is 3.83. The average molecular weight is 277 g/mol. The summed E-state index contributed by atoms with van der Waals surface area (Å²) in [6, 6.07) is 11.3. The Labute approximate surface area is 122 Å². The van der Waals surface area contributed by atoms with Gasteiger partial charge in [-0.05, 0) is 37.6 Å². The summed E-state index contributed by atoms with van der Waals surface area (Å²) in [7, 11) is 0. The summed E-state index contributed by atoms with van der Waals surface area (Å²) in [5, 5.41) is 3.77. The van der Waals surface area contributed by atoms with Crippen LogP contribution < -0.4 is 5.32 Å². The number of para-hydroxylation sites is 1. The Morgan fingerprint density at radius 3 is 2.76 bits per heavy atom. The van der Waals surface area contributed by atoms with Crippen molar-refractivity contribution in [3.63, 3.8) is 0 Å². The normalized spacial score (nSPS) is 10.6. The van der Waals surface area contributed by atoms with E-state index in [0.717, 1.165) is 27.8 Å². The minimum absolute atomic E-state index is 0.146. The van der Waals surface area contributed by atoms with E-state index in [0.29, 0.717) is 5.56 Å². The Kier molecular flexibility index (Phi) is 3.36. The molecule has 3 aromatic rings. The Balaban J connectivity index is 2.04. The summed E-state index contributed by atoms with van der Waals surface area (Å²) < 4.78 is 0. The Hall–Kier alpha value is -2.75. The second-order valence-corrected chi connectivity index (χ2v) is 4.97. The van der Waals surface area contributed by atoms with Gasteiger partial charge in [0.25, 0.3) is 5.91 Å². The number of amides is 1. The molecule has 21 heavy (non-hydrogen) atoms. The van der Waals surface area contributed by atoms with Gasteiger partial charge in [0.1, 0.15) is 0 Å². The molecule has 0 aliphatic rings. The first-order chi connectivity index (χ1) is 10.1. The third-order valence-corrected chi connectivity index (χ3v) is 3.38. The van der Waals surface area contributed by atoms with E-state index in [9.17, 15) is 4.79 Å². The number of aromatic nitrogens is 2. The lowest BCUT2D eigenvalue weighted by Gasteiger charge is -2.10. The topological polar surface area (TPSA) is 54.9 Å². The molecule has 104 valence electrons. The monoisotopic (exact) mass is 277 g/mol. The highest BCUT2D eigenvalue weighted by molar-refractivity contribution is 6.12. The molecule has 0 aliphatic heterocycles. The quantitative estimate of drug-likeness (QED) is 0.780. The molecule has 0 radical (unpaired) electrons. The second-order valence-electron chi connectivity index (χ2n) is 4.97. The average Bonchev–Trinajstić information content (AvgIpc) is 2.48. The van der Waals surface area contributed by atoms with Crippen LogP contribution in [0.25, 0.3) is 10.9 Å². The molecule has 2 aromatic heterocycles. The van der Waals surface area contributed by atoms with Crippen molar-refractivity contribution in [2.45, 2.75) is 13.8 Å². The summed E-state index contributed by atoms with van der Waals surface area (Å²) in [6.07, 6.45) is 3.36. The number of nitrogens with zero attached hydrogens (tertiary/aromatic N) is 2. The maximum absolute atomic E-state index is 12.6. The van der Waals surface area contributed by atoms with Crippen LogP contribution in [0.5, 0.6) is 0 Å². The first-order valence-corrected chi connectivity index (χ1v) is 6.73. The fourth-order valence-electron chi connectivity index (χ4n) is 2.28. The van der Waals surface area contributed by atoms with Gasteiger partial charge in [-0.2, -0.15) is 0 Å². The highest BCUT2D eigenvalue weighted by Gasteiger charge is 2.12. The van der Waals surface area contributed by atoms with Crippen molar-refractivity contribution in [3.8, 4) is 0 Å². The summed E-state index contributed by atoms with van der Waals surface area (Å²) in [4.78, 5) is 21.1. The lowest BCUT2D eigenvalue weighted by atomic mass is 10.1. The van der Waals surface area contributed by atoms with Crippen molar-refractivity contribution >= 4 is 22.5 Å². The minimum Gasteiger partial charge on any atom is -0.320 e. The van der Waals surface area contributed by atoms with Gasteiger partial charge in [0.2, 0.25) is 0 Å². The highest BCUT2D eigenvalue weighted by Crippen LogP contribution is 2.20. The highest BCUT2D eigenvalue weighted by atomic mass is 16.1. The lowest BCUT2D eigenvalue weighted by molar-refractivity contribution is 0.102. The van der Waals surface area contributed by atoms with Crippen molar-refractivity contribution < 1.29 is 4.79 Å². The van der Waals surface area contributed by atoms with Gasteiger partial charge in [0.15, 0.2) is 0 Å². The van der Waals surface area contributed by atoms with Gasteiger partial charge in [-0.25, -0.2) is 0 Å². The van der Waals surface area contributed by atoms with E-state index in [4.69, 9.17) is 0 Å². The third-order valence-electron chi connectivity index (χ3n) is 3.38. The summed E-state index contributed by atoms with van der Waals surface area (Å²) in [5.41, 5.74) is 3.98. The number of pyridine rings is 2. The van der Waals surface area contributed by atoms with Gasteiger partial charge < -0.3 is 5.32 Å². The molecular formula is C17H15N3O. The fourth-order valence-corrected chi connectivity index (χ4v) is 2.28. The number of carbonyl (C=O) groups is 1. The molecule has 3 rings (SSSR count).